The largest absolute Gasteiger partial charge is 0.348 e. The Hall–Kier alpha value is -2.47. The fraction of sp³-hybridized carbons (Fsp3) is 0.478. The van der Waals surface area contributed by atoms with Crippen molar-refractivity contribution in [1.82, 2.24) is 19.7 Å². The van der Waals surface area contributed by atoms with Crippen LogP contribution in [0.5, 0.6) is 0 Å². The zero-order chi connectivity index (χ0) is 22.1. The van der Waals surface area contributed by atoms with Gasteiger partial charge in [0.25, 0.3) is 0 Å². The van der Waals surface area contributed by atoms with E-state index >= 15 is 0 Å². The lowest BCUT2D eigenvalue weighted by molar-refractivity contribution is -0.134. The molecule has 0 saturated carbocycles. The third-order valence-electron chi connectivity index (χ3n) is 5.22. The molecule has 0 aliphatic carbocycles. The monoisotopic (exact) mass is 430 g/mol. The van der Waals surface area contributed by atoms with Crippen LogP contribution >= 0.6 is 11.6 Å². The van der Waals surface area contributed by atoms with Crippen LogP contribution in [0.15, 0.2) is 42.6 Å². The maximum Gasteiger partial charge on any atom is 0.318 e. The molecular formula is C23H31ClN4O2. The number of amides is 3. The summed E-state index contributed by atoms with van der Waals surface area (Å²) in [6.45, 7) is 11.0. The van der Waals surface area contributed by atoms with Crippen LogP contribution in [0.4, 0.5) is 4.79 Å². The molecule has 0 fully saturated rings. The molecule has 0 unspecified atom stereocenters. The highest BCUT2D eigenvalue weighted by molar-refractivity contribution is 6.30. The molecule has 2 aromatic rings. The minimum Gasteiger partial charge on any atom is -0.348 e. The van der Waals surface area contributed by atoms with E-state index in [0.29, 0.717) is 11.6 Å². The summed E-state index contributed by atoms with van der Waals surface area (Å²) in [5, 5.41) is 3.63. The summed E-state index contributed by atoms with van der Waals surface area (Å²) in [5.74, 6) is -0.0693. The Kier molecular flexibility index (Phi) is 6.46. The molecule has 30 heavy (non-hydrogen) atoms. The average Bonchev–Trinajstić information content (AvgIpc) is 3.13. The minimum absolute atomic E-state index is 0.0321. The molecule has 7 heteroatoms. The molecule has 2 heterocycles. The number of halogens is 1. The molecule has 162 valence electrons. The number of nitrogens with zero attached hydrogens (tertiary/aromatic N) is 3. The van der Waals surface area contributed by atoms with Gasteiger partial charge in [0.1, 0.15) is 6.54 Å². The van der Waals surface area contributed by atoms with Crippen LogP contribution in [0.3, 0.4) is 0 Å². The van der Waals surface area contributed by atoms with E-state index in [4.69, 9.17) is 11.6 Å². The fourth-order valence-electron chi connectivity index (χ4n) is 3.77. The summed E-state index contributed by atoms with van der Waals surface area (Å²) in [5.41, 5.74) is 1.69. The Morgan fingerprint density at radius 2 is 1.83 bits per heavy atom. The van der Waals surface area contributed by atoms with Crippen molar-refractivity contribution in [3.8, 4) is 0 Å². The van der Waals surface area contributed by atoms with Crippen molar-refractivity contribution in [2.75, 3.05) is 13.1 Å². The SMILES string of the molecule is CC(C)N(CC(=O)N1CCn2cccc2[C@@H]1c1ccc(Cl)cc1)C(=O)NC(C)(C)C. The van der Waals surface area contributed by atoms with Crippen molar-refractivity contribution in [3.63, 3.8) is 0 Å². The summed E-state index contributed by atoms with van der Waals surface area (Å²) < 4.78 is 2.18. The maximum absolute atomic E-state index is 13.4. The van der Waals surface area contributed by atoms with Gasteiger partial charge in [-0.3, -0.25) is 4.79 Å². The molecule has 1 aliphatic heterocycles. The highest BCUT2D eigenvalue weighted by atomic mass is 35.5. The lowest BCUT2D eigenvalue weighted by atomic mass is 9.99. The number of hydrogen-bond donors (Lipinski definition) is 1. The second-order valence-corrected chi connectivity index (χ2v) is 9.51. The number of hydrogen-bond acceptors (Lipinski definition) is 2. The van der Waals surface area contributed by atoms with E-state index in [-0.39, 0.29) is 36.1 Å². The number of aromatic nitrogens is 1. The predicted octanol–water partition coefficient (Wildman–Crippen LogP) is 4.29. The van der Waals surface area contributed by atoms with Crippen LogP contribution in [-0.4, -0.2) is 51.0 Å². The van der Waals surface area contributed by atoms with E-state index in [2.05, 4.69) is 9.88 Å². The number of nitrogens with one attached hydrogen (secondary N) is 1. The first-order valence-corrected chi connectivity index (χ1v) is 10.7. The summed E-state index contributed by atoms with van der Waals surface area (Å²) in [7, 11) is 0. The average molecular weight is 431 g/mol. The number of urea groups is 1. The van der Waals surface area contributed by atoms with Gasteiger partial charge in [-0.05, 0) is 64.4 Å². The van der Waals surface area contributed by atoms with Gasteiger partial charge in [0.15, 0.2) is 0 Å². The summed E-state index contributed by atoms with van der Waals surface area (Å²) in [6.07, 6.45) is 2.04. The van der Waals surface area contributed by atoms with Crippen molar-refractivity contribution in [3.05, 3.63) is 58.9 Å². The van der Waals surface area contributed by atoms with Gasteiger partial charge in [0.2, 0.25) is 5.91 Å². The Labute approximate surface area is 183 Å². The van der Waals surface area contributed by atoms with Gasteiger partial charge in [0, 0.05) is 41.6 Å². The zero-order valence-corrected chi connectivity index (χ0v) is 19.1. The highest BCUT2D eigenvalue weighted by Gasteiger charge is 2.34. The van der Waals surface area contributed by atoms with Gasteiger partial charge in [-0.15, -0.1) is 0 Å². The van der Waals surface area contributed by atoms with Gasteiger partial charge < -0.3 is 19.7 Å². The van der Waals surface area contributed by atoms with Gasteiger partial charge in [-0.25, -0.2) is 4.79 Å². The molecule has 3 rings (SSSR count). The van der Waals surface area contributed by atoms with E-state index in [1.807, 2.05) is 82.1 Å². The Morgan fingerprint density at radius 3 is 2.43 bits per heavy atom. The molecule has 0 saturated heterocycles. The lowest BCUT2D eigenvalue weighted by Crippen LogP contribution is -2.54. The van der Waals surface area contributed by atoms with Crippen molar-refractivity contribution in [2.45, 2.75) is 58.8 Å². The molecule has 3 amide bonds. The highest BCUT2D eigenvalue weighted by Crippen LogP contribution is 2.33. The quantitative estimate of drug-likeness (QED) is 0.786. The third-order valence-corrected chi connectivity index (χ3v) is 5.47. The first-order chi connectivity index (χ1) is 14.1. The first-order valence-electron chi connectivity index (χ1n) is 10.4. The topological polar surface area (TPSA) is 57.6 Å². The second-order valence-electron chi connectivity index (χ2n) is 9.07. The van der Waals surface area contributed by atoms with Crippen LogP contribution in [0.25, 0.3) is 0 Å². The van der Waals surface area contributed by atoms with Crippen LogP contribution in [0.1, 0.15) is 51.9 Å². The predicted molar refractivity (Wildman–Crippen MR) is 120 cm³/mol. The molecule has 0 spiro atoms. The number of rotatable bonds is 4. The molecule has 1 aliphatic rings. The van der Waals surface area contributed by atoms with Crippen LogP contribution < -0.4 is 5.32 Å². The van der Waals surface area contributed by atoms with E-state index in [1.165, 1.54) is 0 Å². The van der Waals surface area contributed by atoms with Crippen LogP contribution in [0, 0.1) is 0 Å². The molecule has 1 aromatic carbocycles. The molecule has 6 nitrogen and oxygen atoms in total. The van der Waals surface area contributed by atoms with Crippen molar-refractivity contribution < 1.29 is 9.59 Å². The standard InChI is InChI=1S/C23H31ClN4O2/c1-16(2)28(22(30)25-23(3,4)5)15-20(29)27-14-13-26-12-6-7-19(26)21(27)17-8-10-18(24)11-9-17/h6-12,16,21H,13-15H2,1-5H3,(H,25,30)/t21-/m0/s1. The van der Waals surface area contributed by atoms with Crippen LogP contribution in [0.2, 0.25) is 5.02 Å². The summed E-state index contributed by atoms with van der Waals surface area (Å²) >= 11 is 6.08. The van der Waals surface area contributed by atoms with Gasteiger partial charge >= 0.3 is 6.03 Å². The molecule has 0 radical (unpaired) electrons. The molecule has 1 aromatic heterocycles. The first kappa shape index (κ1) is 22.2. The maximum atomic E-state index is 13.4. The number of benzene rings is 1. The van der Waals surface area contributed by atoms with Crippen molar-refractivity contribution in [2.24, 2.45) is 0 Å². The zero-order valence-electron chi connectivity index (χ0n) is 18.4. The Morgan fingerprint density at radius 1 is 1.17 bits per heavy atom. The number of fused-ring (bicyclic) bond motifs is 1. The third kappa shape index (κ3) is 4.98. The summed E-state index contributed by atoms with van der Waals surface area (Å²) in [6, 6.07) is 11.1. The minimum atomic E-state index is -0.370. The normalized spacial score (nSPS) is 16.4. The molecule has 1 N–H and O–H groups in total. The fourth-order valence-corrected chi connectivity index (χ4v) is 3.89. The van der Waals surface area contributed by atoms with Gasteiger partial charge in [-0.1, -0.05) is 23.7 Å². The van der Waals surface area contributed by atoms with E-state index in [0.717, 1.165) is 17.8 Å². The second kappa shape index (κ2) is 8.72. The van der Waals surface area contributed by atoms with Crippen molar-refractivity contribution in [1.29, 1.82) is 0 Å². The molecule has 1 atom stereocenters. The van der Waals surface area contributed by atoms with E-state index in [1.54, 1.807) is 4.90 Å². The molecular weight excluding hydrogens is 400 g/mol. The summed E-state index contributed by atoms with van der Waals surface area (Å²) in [4.78, 5) is 29.7. The van der Waals surface area contributed by atoms with Crippen molar-refractivity contribution >= 4 is 23.5 Å². The van der Waals surface area contributed by atoms with E-state index in [9.17, 15) is 9.59 Å². The molecule has 0 bridgehead atoms. The van der Waals surface area contributed by atoms with Gasteiger partial charge in [-0.2, -0.15) is 0 Å². The van der Waals surface area contributed by atoms with E-state index < -0.39 is 0 Å². The lowest BCUT2D eigenvalue weighted by Gasteiger charge is -2.39. The Bertz CT molecular complexity index is 899. The van der Waals surface area contributed by atoms with Crippen LogP contribution in [-0.2, 0) is 11.3 Å². The number of carbonyl (C=O) groups excluding carboxylic acids is 2. The number of carbonyl (C=O) groups is 2. The van der Waals surface area contributed by atoms with Gasteiger partial charge in [0.05, 0.1) is 6.04 Å². The Balaban J connectivity index is 1.87. The smallest absolute Gasteiger partial charge is 0.318 e.